The van der Waals surface area contributed by atoms with Gasteiger partial charge in [0.2, 0.25) is 10.0 Å². The molecule has 2 N–H and O–H groups in total. The molecule has 0 aliphatic carbocycles. The van der Waals surface area contributed by atoms with Crippen LogP contribution in [0.1, 0.15) is 37.6 Å². The molecule has 1 aliphatic heterocycles. The summed E-state index contributed by atoms with van der Waals surface area (Å²) in [5.41, 5.74) is -0.0431. The number of piperidine rings is 1. The van der Waals surface area contributed by atoms with E-state index in [2.05, 4.69) is 13.8 Å². The number of esters is 1. The number of ether oxygens (including phenoxy) is 1. The van der Waals surface area contributed by atoms with Gasteiger partial charge in [-0.1, -0.05) is 25.4 Å². The Hall–Kier alpha value is -1.64. The van der Waals surface area contributed by atoms with Crippen LogP contribution in [0.3, 0.4) is 0 Å². The summed E-state index contributed by atoms with van der Waals surface area (Å²) in [6.07, 6.45) is 0.0765. The Labute approximate surface area is 158 Å². The number of benzene rings is 1. The topological polar surface area (TPSA) is 107 Å². The van der Waals surface area contributed by atoms with E-state index in [1.165, 1.54) is 19.1 Å². The molecular formula is C17H23ClN2O5S. The van der Waals surface area contributed by atoms with Gasteiger partial charge in [0.15, 0.2) is 6.10 Å². The highest BCUT2D eigenvalue weighted by Gasteiger charge is 2.30. The van der Waals surface area contributed by atoms with Crippen LogP contribution in [-0.2, 0) is 19.6 Å². The lowest BCUT2D eigenvalue weighted by molar-refractivity contribution is -0.142. The molecule has 0 aromatic heterocycles. The first-order valence-corrected chi connectivity index (χ1v) is 10.2. The summed E-state index contributed by atoms with van der Waals surface area (Å²) in [4.78, 5) is 26.2. The highest BCUT2D eigenvalue weighted by Crippen LogP contribution is 2.24. The van der Waals surface area contributed by atoms with Gasteiger partial charge in [0.1, 0.15) is 4.90 Å². The summed E-state index contributed by atoms with van der Waals surface area (Å²) in [5.74, 6) is -0.304. The van der Waals surface area contributed by atoms with Crippen LogP contribution >= 0.6 is 11.6 Å². The normalized spacial score (nSPS) is 22.0. The SMILES string of the molecule is C[C@@H]1C[C@@H](C)CN(C(=O)[C@@H](C)OC(=O)c2ccc(Cl)c(S(N)(=O)=O)c2)C1. The fourth-order valence-corrected chi connectivity index (χ4v) is 4.30. The van der Waals surface area contributed by atoms with E-state index >= 15 is 0 Å². The molecule has 3 atom stereocenters. The Bertz CT molecular complexity index is 801. The van der Waals surface area contributed by atoms with E-state index in [0.29, 0.717) is 24.9 Å². The molecule has 0 unspecified atom stereocenters. The Morgan fingerprint density at radius 3 is 2.38 bits per heavy atom. The van der Waals surface area contributed by atoms with Crippen LogP contribution in [0.4, 0.5) is 0 Å². The predicted molar refractivity (Wildman–Crippen MR) is 97.2 cm³/mol. The molecule has 0 spiro atoms. The monoisotopic (exact) mass is 402 g/mol. The van der Waals surface area contributed by atoms with Gasteiger partial charge >= 0.3 is 5.97 Å². The lowest BCUT2D eigenvalue weighted by Crippen LogP contribution is -2.47. The molecule has 7 nitrogen and oxygen atoms in total. The summed E-state index contributed by atoms with van der Waals surface area (Å²) in [6, 6.07) is 3.61. The van der Waals surface area contributed by atoms with Crippen molar-refractivity contribution in [2.75, 3.05) is 13.1 Å². The van der Waals surface area contributed by atoms with Crippen molar-refractivity contribution in [3.05, 3.63) is 28.8 Å². The molecule has 9 heteroatoms. The summed E-state index contributed by atoms with van der Waals surface area (Å²) in [6.45, 7) is 6.91. The number of carbonyl (C=O) groups is 2. The first-order valence-electron chi connectivity index (χ1n) is 8.31. The van der Waals surface area contributed by atoms with Crippen molar-refractivity contribution in [3.8, 4) is 0 Å². The van der Waals surface area contributed by atoms with Crippen molar-refractivity contribution < 1.29 is 22.7 Å². The molecule has 1 saturated heterocycles. The third-order valence-corrected chi connectivity index (χ3v) is 5.68. The van der Waals surface area contributed by atoms with Crippen LogP contribution in [0.15, 0.2) is 23.1 Å². The van der Waals surface area contributed by atoms with Crippen molar-refractivity contribution in [1.82, 2.24) is 4.90 Å². The smallest absolute Gasteiger partial charge is 0.338 e. The second-order valence-electron chi connectivity index (χ2n) is 6.93. The number of hydrogen-bond donors (Lipinski definition) is 1. The van der Waals surface area contributed by atoms with Crippen molar-refractivity contribution in [1.29, 1.82) is 0 Å². The minimum absolute atomic E-state index is 0.0431. The second kappa shape index (κ2) is 7.94. The highest BCUT2D eigenvalue weighted by molar-refractivity contribution is 7.89. The summed E-state index contributed by atoms with van der Waals surface area (Å²) < 4.78 is 28.2. The average Bonchev–Trinajstić information content (AvgIpc) is 2.52. The third-order valence-electron chi connectivity index (χ3n) is 4.29. The van der Waals surface area contributed by atoms with E-state index in [0.717, 1.165) is 12.5 Å². The van der Waals surface area contributed by atoms with E-state index in [4.69, 9.17) is 21.5 Å². The molecule has 2 rings (SSSR count). The summed E-state index contributed by atoms with van der Waals surface area (Å²) >= 11 is 5.80. The summed E-state index contributed by atoms with van der Waals surface area (Å²) in [5, 5.41) is 4.98. The zero-order valence-corrected chi connectivity index (χ0v) is 16.5. The van der Waals surface area contributed by atoms with Crippen molar-refractivity contribution in [3.63, 3.8) is 0 Å². The Morgan fingerprint density at radius 2 is 1.85 bits per heavy atom. The van der Waals surface area contributed by atoms with Crippen molar-refractivity contribution in [2.45, 2.75) is 38.2 Å². The quantitative estimate of drug-likeness (QED) is 0.775. The highest BCUT2D eigenvalue weighted by atomic mass is 35.5. The van der Waals surface area contributed by atoms with E-state index in [1.807, 2.05) is 0 Å². The number of nitrogens with zero attached hydrogens (tertiary/aromatic N) is 1. The second-order valence-corrected chi connectivity index (χ2v) is 8.86. The van der Waals surface area contributed by atoms with Gasteiger partial charge in [0, 0.05) is 13.1 Å². The number of amides is 1. The van der Waals surface area contributed by atoms with Crippen LogP contribution in [0, 0.1) is 11.8 Å². The number of carbonyl (C=O) groups excluding carboxylic acids is 2. The number of primary sulfonamides is 1. The Kier molecular flexibility index (Phi) is 6.31. The predicted octanol–water partition coefficient (Wildman–Crippen LogP) is 2.04. The van der Waals surface area contributed by atoms with Crippen LogP contribution in [0.2, 0.25) is 5.02 Å². The molecule has 1 aromatic rings. The van der Waals surface area contributed by atoms with Gasteiger partial charge < -0.3 is 9.64 Å². The molecule has 1 heterocycles. The van der Waals surface area contributed by atoms with Gasteiger partial charge in [0.25, 0.3) is 5.91 Å². The molecular weight excluding hydrogens is 380 g/mol. The molecule has 144 valence electrons. The van der Waals surface area contributed by atoms with Crippen LogP contribution < -0.4 is 5.14 Å². The van der Waals surface area contributed by atoms with Crippen LogP contribution in [0.5, 0.6) is 0 Å². The standard InChI is InChI=1S/C17H23ClN2O5S/c1-10-6-11(2)9-20(8-10)16(21)12(3)25-17(22)13-4-5-14(18)15(7-13)26(19,23)24/h4-5,7,10-12H,6,8-9H2,1-3H3,(H2,19,23,24)/t10-,11-,12-/m1/s1. The van der Waals surface area contributed by atoms with E-state index in [-0.39, 0.29) is 21.4 Å². The van der Waals surface area contributed by atoms with Gasteiger partial charge in [-0.15, -0.1) is 0 Å². The molecule has 0 bridgehead atoms. The van der Waals surface area contributed by atoms with Gasteiger partial charge in [-0.25, -0.2) is 18.4 Å². The molecule has 1 amide bonds. The molecule has 0 radical (unpaired) electrons. The molecule has 1 aliphatic rings. The molecule has 1 aromatic carbocycles. The molecule has 26 heavy (non-hydrogen) atoms. The molecule has 0 saturated carbocycles. The van der Waals surface area contributed by atoms with Gasteiger partial charge in [-0.2, -0.15) is 0 Å². The van der Waals surface area contributed by atoms with Crippen molar-refractivity contribution in [2.24, 2.45) is 17.0 Å². The number of rotatable bonds is 4. The fraction of sp³-hybridized carbons (Fsp3) is 0.529. The minimum atomic E-state index is -4.08. The van der Waals surface area contributed by atoms with Gasteiger partial charge in [-0.05, 0) is 43.4 Å². The Morgan fingerprint density at radius 1 is 1.27 bits per heavy atom. The number of nitrogens with two attached hydrogens (primary N) is 1. The van der Waals surface area contributed by atoms with Crippen LogP contribution in [-0.4, -0.2) is 44.4 Å². The average molecular weight is 403 g/mol. The summed E-state index contributed by atoms with van der Waals surface area (Å²) in [7, 11) is -4.08. The van der Waals surface area contributed by atoms with Gasteiger partial charge in [0.05, 0.1) is 10.6 Å². The minimum Gasteiger partial charge on any atom is -0.449 e. The maximum atomic E-state index is 12.5. The first-order chi connectivity index (χ1) is 12.0. The van der Waals surface area contributed by atoms with E-state index in [9.17, 15) is 18.0 Å². The largest absolute Gasteiger partial charge is 0.449 e. The number of halogens is 1. The van der Waals surface area contributed by atoms with E-state index < -0.39 is 22.1 Å². The first kappa shape index (κ1) is 20.7. The van der Waals surface area contributed by atoms with Crippen LogP contribution in [0.25, 0.3) is 0 Å². The maximum Gasteiger partial charge on any atom is 0.338 e. The lowest BCUT2D eigenvalue weighted by Gasteiger charge is -2.36. The zero-order chi connectivity index (χ0) is 19.6. The number of sulfonamides is 1. The fourth-order valence-electron chi connectivity index (χ4n) is 3.23. The van der Waals surface area contributed by atoms with E-state index in [1.54, 1.807) is 4.90 Å². The molecule has 1 fully saturated rings. The van der Waals surface area contributed by atoms with Crippen molar-refractivity contribution >= 4 is 33.5 Å². The number of likely N-dealkylation sites (tertiary alicyclic amines) is 1. The number of hydrogen-bond acceptors (Lipinski definition) is 5. The Balaban J connectivity index is 2.11. The van der Waals surface area contributed by atoms with Gasteiger partial charge in [-0.3, -0.25) is 4.79 Å². The zero-order valence-electron chi connectivity index (χ0n) is 14.9. The maximum absolute atomic E-state index is 12.5. The third kappa shape index (κ3) is 4.96. The lowest BCUT2D eigenvalue weighted by atomic mass is 9.91.